The quantitative estimate of drug-likeness (QED) is 0.788. The topological polar surface area (TPSA) is 54.7 Å². The summed E-state index contributed by atoms with van der Waals surface area (Å²) in [6.45, 7) is 0. The van der Waals surface area contributed by atoms with Crippen molar-refractivity contribution in [2.45, 2.75) is 12.5 Å². The summed E-state index contributed by atoms with van der Waals surface area (Å²) in [6, 6.07) is 5.78. The van der Waals surface area contributed by atoms with E-state index >= 15 is 0 Å². The molecule has 0 aliphatic rings. The summed E-state index contributed by atoms with van der Waals surface area (Å²) in [6.07, 6.45) is 0.374. The molecular formula is C14H20N2O3. The molecule has 0 aromatic heterocycles. The van der Waals surface area contributed by atoms with Crippen LogP contribution in [0.3, 0.4) is 0 Å². The Morgan fingerprint density at radius 2 is 1.58 bits per heavy atom. The molecule has 0 aliphatic heterocycles. The number of nitrogens with zero attached hydrogens (tertiary/aromatic N) is 2. The largest absolute Gasteiger partial charge is 0.496 e. The average Bonchev–Trinajstić information content (AvgIpc) is 2.42. The molecule has 0 aliphatic carbocycles. The van der Waals surface area contributed by atoms with Gasteiger partial charge in [-0.15, -0.1) is 0 Å². The molecule has 5 heteroatoms. The van der Waals surface area contributed by atoms with Crippen molar-refractivity contribution >= 4 is 0 Å². The zero-order chi connectivity index (χ0) is 14.4. The summed E-state index contributed by atoms with van der Waals surface area (Å²) < 4.78 is 15.9. The zero-order valence-electron chi connectivity index (χ0n) is 12.1. The number of methoxy groups -OCH3 is 3. The van der Waals surface area contributed by atoms with Crippen LogP contribution in [0.5, 0.6) is 17.2 Å². The third-order valence-corrected chi connectivity index (χ3v) is 3.00. The molecular weight excluding hydrogens is 244 g/mol. The van der Waals surface area contributed by atoms with E-state index in [1.165, 1.54) is 0 Å². The van der Waals surface area contributed by atoms with Gasteiger partial charge in [0.15, 0.2) is 11.5 Å². The number of rotatable bonds is 6. The Bertz CT molecular complexity index is 466. The number of ether oxygens (including phenoxy) is 3. The predicted molar refractivity (Wildman–Crippen MR) is 72.8 cm³/mol. The van der Waals surface area contributed by atoms with Crippen molar-refractivity contribution in [3.05, 3.63) is 17.7 Å². The molecule has 0 radical (unpaired) electrons. The van der Waals surface area contributed by atoms with Crippen LogP contribution in [0, 0.1) is 11.3 Å². The molecule has 104 valence electrons. The molecule has 1 atom stereocenters. The molecule has 19 heavy (non-hydrogen) atoms. The van der Waals surface area contributed by atoms with Crippen LogP contribution in [0.4, 0.5) is 0 Å². The van der Waals surface area contributed by atoms with Crippen molar-refractivity contribution in [3.8, 4) is 23.3 Å². The summed E-state index contributed by atoms with van der Waals surface area (Å²) in [5, 5.41) is 8.96. The molecule has 0 fully saturated rings. The molecule has 0 heterocycles. The van der Waals surface area contributed by atoms with Gasteiger partial charge in [-0.25, -0.2) is 0 Å². The monoisotopic (exact) mass is 264 g/mol. The highest BCUT2D eigenvalue weighted by molar-refractivity contribution is 5.52. The average molecular weight is 264 g/mol. The Labute approximate surface area is 114 Å². The van der Waals surface area contributed by atoms with E-state index < -0.39 is 0 Å². The van der Waals surface area contributed by atoms with Crippen molar-refractivity contribution in [2.75, 3.05) is 35.4 Å². The van der Waals surface area contributed by atoms with Gasteiger partial charge >= 0.3 is 0 Å². The maximum absolute atomic E-state index is 8.96. The third-order valence-electron chi connectivity index (χ3n) is 3.00. The summed E-state index contributed by atoms with van der Waals surface area (Å²) in [4.78, 5) is 1.98. The maximum atomic E-state index is 8.96. The van der Waals surface area contributed by atoms with Gasteiger partial charge in [-0.3, -0.25) is 0 Å². The van der Waals surface area contributed by atoms with Gasteiger partial charge in [0, 0.05) is 11.6 Å². The van der Waals surface area contributed by atoms with Crippen molar-refractivity contribution in [1.82, 2.24) is 4.90 Å². The van der Waals surface area contributed by atoms with E-state index in [2.05, 4.69) is 6.07 Å². The fourth-order valence-electron chi connectivity index (χ4n) is 1.97. The highest BCUT2D eigenvalue weighted by atomic mass is 16.5. The molecule has 0 bridgehead atoms. The van der Waals surface area contributed by atoms with Gasteiger partial charge in [-0.2, -0.15) is 5.26 Å². The second-order valence-corrected chi connectivity index (χ2v) is 4.29. The van der Waals surface area contributed by atoms with Crippen LogP contribution in [0.25, 0.3) is 0 Å². The molecule has 0 N–H and O–H groups in total. The Balaban J connectivity index is 3.35. The molecule has 0 saturated heterocycles. The minimum Gasteiger partial charge on any atom is -0.496 e. The Hall–Kier alpha value is -1.93. The van der Waals surface area contributed by atoms with E-state index in [1.54, 1.807) is 27.4 Å². The lowest BCUT2D eigenvalue weighted by atomic mass is 10.0. The van der Waals surface area contributed by atoms with Gasteiger partial charge in [0.1, 0.15) is 5.75 Å². The molecule has 1 aromatic carbocycles. The summed E-state index contributed by atoms with van der Waals surface area (Å²) >= 11 is 0. The Morgan fingerprint density at radius 3 is 2.00 bits per heavy atom. The lowest BCUT2D eigenvalue weighted by Gasteiger charge is -2.25. The van der Waals surface area contributed by atoms with Crippen LogP contribution >= 0.6 is 0 Å². The Morgan fingerprint density at radius 1 is 1.05 bits per heavy atom. The van der Waals surface area contributed by atoms with Gasteiger partial charge in [0.05, 0.1) is 39.9 Å². The van der Waals surface area contributed by atoms with E-state index in [9.17, 15) is 0 Å². The van der Waals surface area contributed by atoms with Gasteiger partial charge in [0.25, 0.3) is 0 Å². The van der Waals surface area contributed by atoms with E-state index in [4.69, 9.17) is 19.5 Å². The number of hydrogen-bond donors (Lipinski definition) is 0. The van der Waals surface area contributed by atoms with Crippen LogP contribution in [-0.4, -0.2) is 40.3 Å². The lowest BCUT2D eigenvalue weighted by molar-refractivity contribution is 0.288. The molecule has 0 spiro atoms. The number of hydrogen-bond acceptors (Lipinski definition) is 5. The molecule has 1 rings (SSSR count). The molecule has 0 saturated carbocycles. The number of benzene rings is 1. The second-order valence-electron chi connectivity index (χ2n) is 4.29. The van der Waals surface area contributed by atoms with Gasteiger partial charge < -0.3 is 19.1 Å². The normalized spacial score (nSPS) is 11.8. The Kier molecular flexibility index (Phi) is 5.46. The second kappa shape index (κ2) is 6.86. The van der Waals surface area contributed by atoms with Crippen LogP contribution < -0.4 is 14.2 Å². The molecule has 1 aromatic rings. The smallest absolute Gasteiger partial charge is 0.164 e. The van der Waals surface area contributed by atoms with Gasteiger partial charge in [-0.1, -0.05) is 0 Å². The van der Waals surface area contributed by atoms with E-state index in [0.717, 1.165) is 5.56 Å². The zero-order valence-corrected chi connectivity index (χ0v) is 12.1. The first-order chi connectivity index (χ1) is 9.08. The van der Waals surface area contributed by atoms with E-state index in [-0.39, 0.29) is 6.04 Å². The SMILES string of the molecule is COc1cc(OC)c(C(CC#N)N(C)C)cc1OC. The maximum Gasteiger partial charge on any atom is 0.164 e. The van der Waals surface area contributed by atoms with Crippen molar-refractivity contribution in [3.63, 3.8) is 0 Å². The molecule has 1 unspecified atom stereocenters. The van der Waals surface area contributed by atoms with Crippen LogP contribution in [0.15, 0.2) is 12.1 Å². The van der Waals surface area contributed by atoms with E-state index in [0.29, 0.717) is 23.7 Å². The molecule has 5 nitrogen and oxygen atoms in total. The fraction of sp³-hybridized carbons (Fsp3) is 0.500. The van der Waals surface area contributed by atoms with Crippen LogP contribution in [0.1, 0.15) is 18.0 Å². The highest BCUT2D eigenvalue weighted by Gasteiger charge is 2.21. The minimum atomic E-state index is -0.0558. The fourth-order valence-corrected chi connectivity index (χ4v) is 1.97. The minimum absolute atomic E-state index is 0.0558. The van der Waals surface area contributed by atoms with Crippen LogP contribution in [-0.2, 0) is 0 Å². The van der Waals surface area contributed by atoms with Crippen molar-refractivity contribution < 1.29 is 14.2 Å². The first-order valence-electron chi connectivity index (χ1n) is 5.92. The van der Waals surface area contributed by atoms with E-state index in [1.807, 2.05) is 25.1 Å². The highest BCUT2D eigenvalue weighted by Crippen LogP contribution is 2.39. The van der Waals surface area contributed by atoms with Gasteiger partial charge in [-0.05, 0) is 20.2 Å². The first kappa shape index (κ1) is 15.1. The number of nitriles is 1. The lowest BCUT2D eigenvalue weighted by Crippen LogP contribution is -2.20. The van der Waals surface area contributed by atoms with Crippen molar-refractivity contribution in [1.29, 1.82) is 5.26 Å². The molecule has 0 amide bonds. The standard InChI is InChI=1S/C14H20N2O3/c1-16(2)11(6-7-15)10-8-13(18-4)14(19-5)9-12(10)17-3/h8-9,11H,6H2,1-5H3. The van der Waals surface area contributed by atoms with Crippen molar-refractivity contribution in [2.24, 2.45) is 0 Å². The van der Waals surface area contributed by atoms with Gasteiger partial charge in [0.2, 0.25) is 0 Å². The summed E-state index contributed by atoms with van der Waals surface area (Å²) in [7, 11) is 8.62. The summed E-state index contributed by atoms with van der Waals surface area (Å²) in [5.41, 5.74) is 0.909. The first-order valence-corrected chi connectivity index (χ1v) is 5.92. The predicted octanol–water partition coefficient (Wildman–Crippen LogP) is 2.23. The third kappa shape index (κ3) is 3.30. The van der Waals surface area contributed by atoms with Crippen LogP contribution in [0.2, 0.25) is 0 Å². The summed E-state index contributed by atoms with van der Waals surface area (Å²) in [5.74, 6) is 1.92.